The molecular weight excluding hydrogens is 272 g/mol. The van der Waals surface area contributed by atoms with Gasteiger partial charge in [0.15, 0.2) is 0 Å². The molecule has 0 saturated carbocycles. The van der Waals surface area contributed by atoms with Gasteiger partial charge in [-0.05, 0) is 24.1 Å². The first-order chi connectivity index (χ1) is 9.74. The summed E-state index contributed by atoms with van der Waals surface area (Å²) in [6.07, 6.45) is 2.57. The molecule has 2 aromatic rings. The highest BCUT2D eigenvalue weighted by Gasteiger charge is 2.28. The van der Waals surface area contributed by atoms with Crippen LogP contribution >= 0.6 is 11.6 Å². The van der Waals surface area contributed by atoms with Gasteiger partial charge in [-0.25, -0.2) is 0 Å². The second-order valence-electron chi connectivity index (χ2n) is 5.01. The maximum atomic E-state index is 12.4. The summed E-state index contributed by atoms with van der Waals surface area (Å²) < 4.78 is 0. The van der Waals surface area contributed by atoms with Crippen LogP contribution in [0.25, 0.3) is 0 Å². The molecule has 1 atom stereocenters. The molecule has 102 valence electrons. The summed E-state index contributed by atoms with van der Waals surface area (Å²) in [5.41, 5.74) is 1.72. The number of pyridine rings is 1. The monoisotopic (exact) mass is 286 g/mol. The summed E-state index contributed by atoms with van der Waals surface area (Å²) >= 11 is 5.91. The van der Waals surface area contributed by atoms with E-state index in [1.807, 2.05) is 23.1 Å². The van der Waals surface area contributed by atoms with Crippen molar-refractivity contribution in [2.45, 2.75) is 12.3 Å². The molecule has 2 heterocycles. The Hall–Kier alpha value is -1.87. The lowest BCUT2D eigenvalue weighted by Gasteiger charge is -2.16. The molecule has 4 heteroatoms. The van der Waals surface area contributed by atoms with Gasteiger partial charge >= 0.3 is 0 Å². The van der Waals surface area contributed by atoms with Gasteiger partial charge in [0.1, 0.15) is 5.69 Å². The summed E-state index contributed by atoms with van der Waals surface area (Å²) in [5.74, 6) is 0.380. The Labute approximate surface area is 123 Å². The van der Waals surface area contributed by atoms with Crippen LogP contribution in [0.5, 0.6) is 0 Å². The van der Waals surface area contributed by atoms with Crippen molar-refractivity contribution in [1.29, 1.82) is 0 Å². The summed E-state index contributed by atoms with van der Waals surface area (Å²) in [6, 6.07) is 13.6. The number of benzene rings is 1. The van der Waals surface area contributed by atoms with Gasteiger partial charge in [-0.2, -0.15) is 0 Å². The van der Waals surface area contributed by atoms with Crippen molar-refractivity contribution >= 4 is 17.5 Å². The van der Waals surface area contributed by atoms with Crippen LogP contribution in [-0.4, -0.2) is 28.9 Å². The van der Waals surface area contributed by atoms with Crippen molar-refractivity contribution < 1.29 is 4.79 Å². The Bertz CT molecular complexity index is 615. The van der Waals surface area contributed by atoms with Crippen LogP contribution in [0.4, 0.5) is 0 Å². The van der Waals surface area contributed by atoms with Crippen molar-refractivity contribution in [3.05, 3.63) is 64.9 Å². The Morgan fingerprint density at radius 1 is 1.25 bits per heavy atom. The lowest BCUT2D eigenvalue weighted by molar-refractivity contribution is 0.0785. The van der Waals surface area contributed by atoms with Crippen LogP contribution in [0, 0.1) is 0 Å². The highest BCUT2D eigenvalue weighted by molar-refractivity contribution is 6.30. The van der Waals surface area contributed by atoms with E-state index in [4.69, 9.17) is 11.6 Å². The molecule has 20 heavy (non-hydrogen) atoms. The van der Waals surface area contributed by atoms with Crippen molar-refractivity contribution in [3.8, 4) is 0 Å². The van der Waals surface area contributed by atoms with E-state index in [-0.39, 0.29) is 5.91 Å². The number of carbonyl (C=O) groups excluding carboxylic acids is 1. The van der Waals surface area contributed by atoms with E-state index < -0.39 is 0 Å². The average Bonchev–Trinajstić information content (AvgIpc) is 2.97. The SMILES string of the molecule is O=C(c1cc(Cl)ccn1)N1CCC(c2ccccc2)C1. The number of halogens is 1. The first-order valence-electron chi connectivity index (χ1n) is 6.70. The molecule has 3 nitrogen and oxygen atoms in total. The van der Waals surface area contributed by atoms with Gasteiger partial charge in [0, 0.05) is 30.2 Å². The molecule has 1 amide bonds. The number of hydrogen-bond acceptors (Lipinski definition) is 2. The third kappa shape index (κ3) is 2.68. The molecule has 1 fully saturated rings. The Balaban J connectivity index is 1.73. The summed E-state index contributed by atoms with van der Waals surface area (Å²) in [6.45, 7) is 1.52. The number of likely N-dealkylation sites (tertiary alicyclic amines) is 1. The minimum Gasteiger partial charge on any atom is -0.337 e. The average molecular weight is 287 g/mol. The predicted octanol–water partition coefficient (Wildman–Crippen LogP) is 3.36. The number of rotatable bonds is 2. The third-order valence-electron chi connectivity index (χ3n) is 3.69. The van der Waals surface area contributed by atoms with Gasteiger partial charge in [0.05, 0.1) is 0 Å². The molecule has 3 rings (SSSR count). The minimum atomic E-state index is -0.0362. The zero-order chi connectivity index (χ0) is 13.9. The smallest absolute Gasteiger partial charge is 0.272 e. The molecule has 1 saturated heterocycles. The topological polar surface area (TPSA) is 33.2 Å². The molecular formula is C16H15ClN2O. The first kappa shape index (κ1) is 13.1. The number of carbonyl (C=O) groups is 1. The highest BCUT2D eigenvalue weighted by atomic mass is 35.5. The van der Waals surface area contributed by atoms with E-state index >= 15 is 0 Å². The van der Waals surface area contributed by atoms with E-state index in [1.54, 1.807) is 18.3 Å². The Morgan fingerprint density at radius 3 is 2.80 bits per heavy atom. The Kier molecular flexibility index (Phi) is 3.70. The maximum Gasteiger partial charge on any atom is 0.272 e. The van der Waals surface area contributed by atoms with Gasteiger partial charge in [-0.15, -0.1) is 0 Å². The summed E-state index contributed by atoms with van der Waals surface area (Å²) in [7, 11) is 0. The molecule has 0 bridgehead atoms. The molecule has 1 aromatic carbocycles. The van der Waals surface area contributed by atoms with Crippen LogP contribution in [-0.2, 0) is 0 Å². The normalized spacial score (nSPS) is 18.2. The minimum absolute atomic E-state index is 0.0362. The molecule has 1 unspecified atom stereocenters. The van der Waals surface area contributed by atoms with E-state index in [0.717, 1.165) is 19.5 Å². The zero-order valence-electron chi connectivity index (χ0n) is 11.0. The maximum absolute atomic E-state index is 12.4. The van der Waals surface area contributed by atoms with E-state index in [1.165, 1.54) is 5.56 Å². The molecule has 1 aliphatic heterocycles. The number of hydrogen-bond donors (Lipinski definition) is 0. The van der Waals surface area contributed by atoms with Gasteiger partial charge in [-0.3, -0.25) is 9.78 Å². The third-order valence-corrected chi connectivity index (χ3v) is 3.92. The van der Waals surface area contributed by atoms with Gasteiger partial charge in [0.2, 0.25) is 0 Å². The van der Waals surface area contributed by atoms with Crippen molar-refractivity contribution in [2.75, 3.05) is 13.1 Å². The van der Waals surface area contributed by atoms with Gasteiger partial charge in [0.25, 0.3) is 5.91 Å². The fraction of sp³-hybridized carbons (Fsp3) is 0.250. The van der Waals surface area contributed by atoms with Crippen LogP contribution in [0.3, 0.4) is 0 Å². The second-order valence-corrected chi connectivity index (χ2v) is 5.44. The largest absolute Gasteiger partial charge is 0.337 e. The quantitative estimate of drug-likeness (QED) is 0.848. The van der Waals surface area contributed by atoms with Crippen LogP contribution in [0.2, 0.25) is 5.02 Å². The first-order valence-corrected chi connectivity index (χ1v) is 7.07. The molecule has 0 radical (unpaired) electrons. The fourth-order valence-electron chi connectivity index (χ4n) is 2.63. The van der Waals surface area contributed by atoms with Crippen molar-refractivity contribution in [1.82, 2.24) is 9.88 Å². The predicted molar refractivity (Wildman–Crippen MR) is 79.0 cm³/mol. The van der Waals surface area contributed by atoms with Crippen LogP contribution in [0.15, 0.2) is 48.7 Å². The number of amides is 1. The van der Waals surface area contributed by atoms with Gasteiger partial charge < -0.3 is 4.90 Å². The second kappa shape index (κ2) is 5.63. The number of aromatic nitrogens is 1. The molecule has 1 aliphatic rings. The Morgan fingerprint density at radius 2 is 2.05 bits per heavy atom. The molecule has 1 aromatic heterocycles. The molecule has 0 aliphatic carbocycles. The zero-order valence-corrected chi connectivity index (χ0v) is 11.8. The summed E-state index contributed by atoms with van der Waals surface area (Å²) in [4.78, 5) is 18.3. The standard InChI is InChI=1S/C16H15ClN2O/c17-14-6-8-18-15(10-14)16(20)19-9-7-13(11-19)12-4-2-1-3-5-12/h1-6,8,10,13H,7,9,11H2. The highest BCUT2D eigenvalue weighted by Crippen LogP contribution is 2.27. The van der Waals surface area contributed by atoms with Crippen LogP contribution < -0.4 is 0 Å². The van der Waals surface area contributed by atoms with Crippen molar-refractivity contribution in [2.24, 2.45) is 0 Å². The lowest BCUT2D eigenvalue weighted by Crippen LogP contribution is -2.29. The number of nitrogens with zero attached hydrogens (tertiary/aromatic N) is 2. The van der Waals surface area contributed by atoms with E-state index in [2.05, 4.69) is 17.1 Å². The van der Waals surface area contributed by atoms with Gasteiger partial charge in [-0.1, -0.05) is 41.9 Å². The molecule has 0 N–H and O–H groups in total. The van der Waals surface area contributed by atoms with Crippen LogP contribution in [0.1, 0.15) is 28.4 Å². The van der Waals surface area contributed by atoms with E-state index in [0.29, 0.717) is 16.6 Å². The fourth-order valence-corrected chi connectivity index (χ4v) is 2.79. The van der Waals surface area contributed by atoms with Crippen molar-refractivity contribution in [3.63, 3.8) is 0 Å². The summed E-state index contributed by atoms with van der Waals surface area (Å²) in [5, 5.41) is 0.544. The van der Waals surface area contributed by atoms with E-state index in [9.17, 15) is 4.79 Å². The lowest BCUT2D eigenvalue weighted by atomic mass is 9.99. The molecule has 0 spiro atoms.